The molecule has 0 aliphatic heterocycles. The summed E-state index contributed by atoms with van der Waals surface area (Å²) in [5, 5.41) is 2.57. The van der Waals surface area contributed by atoms with Crippen molar-refractivity contribution < 1.29 is 19.1 Å². The molecule has 0 atom stereocenters. The van der Waals surface area contributed by atoms with Gasteiger partial charge in [0, 0.05) is 11.8 Å². The number of rotatable bonds is 3. The molecule has 1 N–H and O–H groups in total. The van der Waals surface area contributed by atoms with E-state index in [1.54, 1.807) is 39.0 Å². The molecule has 1 rings (SSSR count). The number of benzene rings is 1. The second-order valence-electron chi connectivity index (χ2n) is 4.70. The molecular formula is C13H17NO4. The number of amides is 1. The lowest BCUT2D eigenvalue weighted by Crippen LogP contribution is -2.27. The molecule has 0 aromatic heterocycles. The molecule has 1 aromatic rings. The van der Waals surface area contributed by atoms with Crippen molar-refractivity contribution in [3.63, 3.8) is 0 Å². The Morgan fingerprint density at radius 2 is 2.00 bits per heavy atom. The number of nitrogens with one attached hydrogen (secondary N) is 1. The van der Waals surface area contributed by atoms with Crippen LogP contribution in [0.25, 0.3) is 0 Å². The first-order valence-electron chi connectivity index (χ1n) is 5.49. The van der Waals surface area contributed by atoms with Crippen molar-refractivity contribution in [2.45, 2.75) is 26.4 Å². The highest BCUT2D eigenvalue weighted by atomic mass is 16.6. The predicted molar refractivity (Wildman–Crippen MR) is 68.2 cm³/mol. The van der Waals surface area contributed by atoms with Crippen molar-refractivity contribution in [1.29, 1.82) is 0 Å². The van der Waals surface area contributed by atoms with Gasteiger partial charge < -0.3 is 9.47 Å². The van der Waals surface area contributed by atoms with E-state index in [4.69, 9.17) is 9.47 Å². The molecule has 0 saturated heterocycles. The summed E-state index contributed by atoms with van der Waals surface area (Å²) in [7, 11) is 1.46. The zero-order chi connectivity index (χ0) is 13.8. The van der Waals surface area contributed by atoms with Crippen molar-refractivity contribution in [1.82, 2.24) is 0 Å². The standard InChI is InChI=1S/C13H17NO4/c1-13(2,3)18-12(16)14-10-6-5-9(8-15)11(7-10)17-4/h5-8H,1-4H3,(H,14,16). The molecule has 0 radical (unpaired) electrons. The predicted octanol–water partition coefficient (Wildman–Crippen LogP) is 2.85. The Kier molecular flexibility index (Phi) is 4.31. The van der Waals surface area contributed by atoms with Gasteiger partial charge in [-0.25, -0.2) is 4.79 Å². The van der Waals surface area contributed by atoms with Gasteiger partial charge in [0.25, 0.3) is 0 Å². The maximum Gasteiger partial charge on any atom is 0.412 e. The second-order valence-corrected chi connectivity index (χ2v) is 4.70. The van der Waals surface area contributed by atoms with Crippen LogP contribution in [-0.2, 0) is 4.74 Å². The lowest BCUT2D eigenvalue weighted by molar-refractivity contribution is 0.0636. The third-order valence-electron chi connectivity index (χ3n) is 2.01. The molecule has 0 unspecified atom stereocenters. The van der Waals surface area contributed by atoms with Crippen LogP contribution in [0.5, 0.6) is 5.75 Å². The molecule has 1 aromatic carbocycles. The van der Waals surface area contributed by atoms with Gasteiger partial charge in [-0.15, -0.1) is 0 Å². The number of aldehydes is 1. The van der Waals surface area contributed by atoms with Gasteiger partial charge in [-0.3, -0.25) is 10.1 Å². The average Bonchev–Trinajstić information content (AvgIpc) is 2.26. The van der Waals surface area contributed by atoms with E-state index < -0.39 is 11.7 Å². The highest BCUT2D eigenvalue weighted by Gasteiger charge is 2.16. The Balaban J connectivity index is 2.80. The van der Waals surface area contributed by atoms with Crippen LogP contribution in [0.15, 0.2) is 18.2 Å². The summed E-state index contributed by atoms with van der Waals surface area (Å²) in [5.74, 6) is 0.401. The van der Waals surface area contributed by atoms with E-state index in [9.17, 15) is 9.59 Å². The number of methoxy groups -OCH3 is 1. The molecule has 5 nitrogen and oxygen atoms in total. The van der Waals surface area contributed by atoms with Crippen LogP contribution < -0.4 is 10.1 Å². The second kappa shape index (κ2) is 5.53. The number of anilines is 1. The number of hydrogen-bond acceptors (Lipinski definition) is 4. The van der Waals surface area contributed by atoms with Crippen molar-refractivity contribution >= 4 is 18.1 Å². The van der Waals surface area contributed by atoms with E-state index in [-0.39, 0.29) is 0 Å². The normalized spacial score (nSPS) is 10.7. The van der Waals surface area contributed by atoms with Crippen LogP contribution in [0, 0.1) is 0 Å². The fourth-order valence-corrected chi connectivity index (χ4v) is 1.31. The lowest BCUT2D eigenvalue weighted by Gasteiger charge is -2.19. The molecule has 5 heteroatoms. The Morgan fingerprint density at radius 3 is 2.50 bits per heavy atom. The highest BCUT2D eigenvalue weighted by molar-refractivity contribution is 5.87. The summed E-state index contributed by atoms with van der Waals surface area (Å²) in [6, 6.07) is 4.74. The smallest absolute Gasteiger partial charge is 0.412 e. The Bertz CT molecular complexity index is 449. The number of hydrogen-bond donors (Lipinski definition) is 1. The van der Waals surface area contributed by atoms with E-state index in [0.717, 1.165) is 0 Å². The third kappa shape index (κ3) is 4.08. The molecule has 1 amide bonds. The molecule has 0 saturated carbocycles. The maximum atomic E-state index is 11.5. The van der Waals surface area contributed by atoms with E-state index in [0.29, 0.717) is 23.3 Å². The average molecular weight is 251 g/mol. The maximum absolute atomic E-state index is 11.5. The van der Waals surface area contributed by atoms with Gasteiger partial charge in [0.05, 0.1) is 12.7 Å². The summed E-state index contributed by atoms with van der Waals surface area (Å²) in [6.45, 7) is 5.34. The van der Waals surface area contributed by atoms with Crippen LogP contribution in [-0.4, -0.2) is 25.1 Å². The molecule has 0 spiro atoms. The molecule has 0 fully saturated rings. The summed E-state index contributed by atoms with van der Waals surface area (Å²) in [4.78, 5) is 22.3. The first-order valence-corrected chi connectivity index (χ1v) is 5.49. The molecule has 98 valence electrons. The number of carbonyl (C=O) groups excluding carboxylic acids is 2. The van der Waals surface area contributed by atoms with E-state index in [2.05, 4.69) is 5.32 Å². The quantitative estimate of drug-likeness (QED) is 0.839. The van der Waals surface area contributed by atoms with Gasteiger partial charge in [-0.05, 0) is 32.9 Å². The monoisotopic (exact) mass is 251 g/mol. The lowest BCUT2D eigenvalue weighted by atomic mass is 10.2. The summed E-state index contributed by atoms with van der Waals surface area (Å²) < 4.78 is 10.1. The topological polar surface area (TPSA) is 64.6 Å². The Morgan fingerprint density at radius 1 is 1.33 bits per heavy atom. The summed E-state index contributed by atoms with van der Waals surface area (Å²) >= 11 is 0. The first kappa shape index (κ1) is 14.0. The Hall–Kier alpha value is -2.04. The molecule has 0 bridgehead atoms. The zero-order valence-electron chi connectivity index (χ0n) is 10.9. The van der Waals surface area contributed by atoms with Crippen LogP contribution in [0.4, 0.5) is 10.5 Å². The van der Waals surface area contributed by atoms with E-state index in [1.807, 2.05) is 0 Å². The fraction of sp³-hybridized carbons (Fsp3) is 0.385. The Labute approximate surface area is 106 Å². The number of carbonyl (C=O) groups is 2. The molecular weight excluding hydrogens is 234 g/mol. The molecule has 18 heavy (non-hydrogen) atoms. The summed E-state index contributed by atoms with van der Waals surface area (Å²) in [5.41, 5.74) is 0.371. The number of ether oxygens (including phenoxy) is 2. The van der Waals surface area contributed by atoms with Crippen LogP contribution in [0.2, 0.25) is 0 Å². The van der Waals surface area contributed by atoms with E-state index >= 15 is 0 Å². The minimum atomic E-state index is -0.559. The van der Waals surface area contributed by atoms with Crippen molar-refractivity contribution in [2.75, 3.05) is 12.4 Å². The molecule has 0 aliphatic rings. The van der Waals surface area contributed by atoms with Gasteiger partial charge in [0.1, 0.15) is 11.4 Å². The van der Waals surface area contributed by atoms with Gasteiger partial charge in [-0.2, -0.15) is 0 Å². The SMILES string of the molecule is COc1cc(NC(=O)OC(C)(C)C)ccc1C=O. The first-order chi connectivity index (χ1) is 8.35. The van der Waals surface area contributed by atoms with Crippen molar-refractivity contribution in [3.8, 4) is 5.75 Å². The molecule has 0 aliphatic carbocycles. The minimum Gasteiger partial charge on any atom is -0.496 e. The van der Waals surface area contributed by atoms with Crippen molar-refractivity contribution in [3.05, 3.63) is 23.8 Å². The van der Waals surface area contributed by atoms with Gasteiger partial charge in [-0.1, -0.05) is 0 Å². The highest BCUT2D eigenvalue weighted by Crippen LogP contribution is 2.22. The third-order valence-corrected chi connectivity index (χ3v) is 2.01. The molecule has 0 heterocycles. The zero-order valence-corrected chi connectivity index (χ0v) is 10.9. The largest absolute Gasteiger partial charge is 0.496 e. The fourth-order valence-electron chi connectivity index (χ4n) is 1.31. The van der Waals surface area contributed by atoms with Gasteiger partial charge in [0.2, 0.25) is 0 Å². The van der Waals surface area contributed by atoms with Crippen LogP contribution in [0.3, 0.4) is 0 Å². The van der Waals surface area contributed by atoms with E-state index in [1.165, 1.54) is 7.11 Å². The van der Waals surface area contributed by atoms with Gasteiger partial charge in [0.15, 0.2) is 6.29 Å². The minimum absolute atomic E-state index is 0.401. The summed E-state index contributed by atoms with van der Waals surface area (Å²) in [6.07, 6.45) is 0.138. The van der Waals surface area contributed by atoms with Gasteiger partial charge >= 0.3 is 6.09 Å². The van der Waals surface area contributed by atoms with Crippen molar-refractivity contribution in [2.24, 2.45) is 0 Å². The van der Waals surface area contributed by atoms with Crippen LogP contribution >= 0.6 is 0 Å². The van der Waals surface area contributed by atoms with Crippen LogP contribution in [0.1, 0.15) is 31.1 Å².